The van der Waals surface area contributed by atoms with Crippen LogP contribution in [0.15, 0.2) is 510 Å². The third-order valence-electron chi connectivity index (χ3n) is 31.0. The maximum atomic E-state index is 5.29. The lowest BCUT2D eigenvalue weighted by Crippen LogP contribution is -2.28. The Morgan fingerprint density at radius 3 is 0.945 bits per heavy atom. The maximum absolute atomic E-state index is 5.29. The summed E-state index contributed by atoms with van der Waals surface area (Å²) >= 11 is 5.45. The average Bonchev–Trinajstić information content (AvgIpc) is 1.50. The van der Waals surface area contributed by atoms with Gasteiger partial charge in [0.15, 0.2) is 0 Å². The van der Waals surface area contributed by atoms with Crippen LogP contribution in [0.5, 0.6) is 0 Å². The molecule has 680 valence electrons. The van der Waals surface area contributed by atoms with Crippen molar-refractivity contribution in [2.24, 2.45) is 0 Å². The van der Waals surface area contributed by atoms with E-state index in [1.165, 1.54) is 238 Å². The summed E-state index contributed by atoms with van der Waals surface area (Å²) in [6.07, 6.45) is 3.80. The number of hydrogen-bond acceptors (Lipinski definition) is 6. The molecule has 0 radical (unpaired) electrons. The minimum atomic E-state index is -0.529. The molecule has 1 spiro atoms. The molecule has 32 rings (SSSR count). The Labute approximate surface area is 853 Å². The summed E-state index contributed by atoms with van der Waals surface area (Å²) in [5.41, 5.74) is 43.2. The fourth-order valence-corrected chi connectivity index (χ4v) is 28.0. The van der Waals surface area contributed by atoms with Crippen molar-refractivity contribution in [3.8, 4) is 106 Å². The van der Waals surface area contributed by atoms with Crippen LogP contribution in [0.25, 0.3) is 233 Å². The summed E-state index contributed by atoms with van der Waals surface area (Å²) in [5.74, 6) is 0. The second-order valence-corrected chi connectivity index (χ2v) is 41.8. The fraction of sp³-hybridized carbons (Fsp3) is 0.0146. The molecule has 3 aliphatic carbocycles. The van der Waals surface area contributed by atoms with Crippen molar-refractivity contribution < 1.29 is 0 Å². The summed E-state index contributed by atoms with van der Waals surface area (Å²) in [5, 5.41) is 11.3. The van der Waals surface area contributed by atoms with Crippen LogP contribution < -0.4 is 0 Å². The van der Waals surface area contributed by atoms with E-state index in [-0.39, 0.29) is 0 Å². The van der Waals surface area contributed by atoms with Gasteiger partial charge in [-0.2, -0.15) is 0 Å². The van der Waals surface area contributed by atoms with Crippen molar-refractivity contribution in [3.63, 3.8) is 0 Å². The number of rotatable bonds is 10. The Balaban J connectivity index is 0.000000102. The average molecular weight is 1910 g/mol. The molecule has 0 amide bonds. The van der Waals surface area contributed by atoms with Crippen LogP contribution >= 0.6 is 34.0 Å². The molecule has 29 aromatic rings. The smallest absolute Gasteiger partial charge is 0.0902 e. The molecule has 0 unspecified atom stereocenters. The van der Waals surface area contributed by atoms with Gasteiger partial charge in [0, 0.05) is 103 Å². The van der Waals surface area contributed by atoms with E-state index in [4.69, 9.17) is 15.0 Å². The lowest BCUT2D eigenvalue weighted by Gasteiger charge is -2.34. The predicted molar refractivity (Wildman–Crippen MR) is 615 cm³/mol. The van der Waals surface area contributed by atoms with Gasteiger partial charge in [-0.25, -0.2) is 4.98 Å². The van der Waals surface area contributed by atoms with Gasteiger partial charge >= 0.3 is 0 Å². The largest absolute Gasteiger partial charge is 0.309 e. The van der Waals surface area contributed by atoms with Crippen LogP contribution in [0.1, 0.15) is 44.5 Å². The Kier molecular flexibility index (Phi) is 19.1. The fourth-order valence-electron chi connectivity index (χ4n) is 24.7. The number of hydrogen-bond donors (Lipinski definition) is 0. The Morgan fingerprint density at radius 2 is 0.500 bits per heavy atom. The van der Waals surface area contributed by atoms with Gasteiger partial charge in [-0.05, 0) is 268 Å². The first kappa shape index (κ1) is 83.7. The summed E-state index contributed by atoms with van der Waals surface area (Å²) in [6.45, 7) is 0. The van der Waals surface area contributed by atoms with Gasteiger partial charge < -0.3 is 13.7 Å². The van der Waals surface area contributed by atoms with Crippen LogP contribution in [0.4, 0.5) is 0 Å². The van der Waals surface area contributed by atoms with Crippen LogP contribution in [-0.4, -0.2) is 28.7 Å². The molecular formula is C137H84N6S3. The maximum Gasteiger partial charge on any atom is 0.0902 e. The van der Waals surface area contributed by atoms with E-state index in [1.807, 2.05) is 58.5 Å². The molecule has 0 N–H and O–H groups in total. The second-order valence-electron chi connectivity index (χ2n) is 38.6. The molecule has 0 saturated heterocycles. The summed E-state index contributed by atoms with van der Waals surface area (Å²) < 4.78 is 14.7. The van der Waals surface area contributed by atoms with Gasteiger partial charge in [0.25, 0.3) is 0 Å². The third kappa shape index (κ3) is 12.7. The molecule has 0 atom stereocenters. The van der Waals surface area contributed by atoms with Crippen LogP contribution in [0.2, 0.25) is 0 Å². The second kappa shape index (κ2) is 33.3. The Hall–Kier alpha value is -18.1. The summed E-state index contributed by atoms with van der Waals surface area (Å²) in [7, 11) is 0. The van der Waals surface area contributed by atoms with E-state index in [1.54, 1.807) is 0 Å². The number of para-hydroxylation sites is 6. The minimum Gasteiger partial charge on any atom is -0.309 e. The summed E-state index contributed by atoms with van der Waals surface area (Å²) in [4.78, 5) is 14.8. The molecule has 9 heteroatoms. The number of benzene rings is 20. The van der Waals surface area contributed by atoms with Crippen molar-refractivity contribution >= 4 is 160 Å². The zero-order valence-corrected chi connectivity index (χ0v) is 81.4. The van der Waals surface area contributed by atoms with Crippen molar-refractivity contribution in [3.05, 3.63) is 554 Å². The topological polar surface area (TPSA) is 53.5 Å². The van der Waals surface area contributed by atoms with Gasteiger partial charge in [-0.1, -0.05) is 346 Å². The lowest BCUT2D eigenvalue weighted by atomic mass is 9.67. The van der Waals surface area contributed by atoms with Crippen molar-refractivity contribution in [1.29, 1.82) is 0 Å². The predicted octanol–water partition coefficient (Wildman–Crippen LogP) is 36.7. The van der Waals surface area contributed by atoms with Gasteiger partial charge in [0.05, 0.1) is 80.3 Å². The van der Waals surface area contributed by atoms with Crippen molar-refractivity contribution in [1.82, 2.24) is 28.7 Å². The van der Waals surface area contributed by atoms with Crippen LogP contribution in [0, 0.1) is 0 Å². The van der Waals surface area contributed by atoms with Crippen LogP contribution in [0.3, 0.4) is 0 Å². The molecule has 0 bridgehead atoms. The quantitative estimate of drug-likeness (QED) is 0.137. The highest BCUT2D eigenvalue weighted by Crippen LogP contribution is 2.65. The van der Waals surface area contributed by atoms with E-state index in [0.717, 1.165) is 39.2 Å². The highest BCUT2D eigenvalue weighted by atomic mass is 32.1. The first-order chi connectivity index (χ1) is 72.4. The van der Waals surface area contributed by atoms with E-state index < -0.39 is 10.8 Å². The van der Waals surface area contributed by atoms with Gasteiger partial charge in [0.2, 0.25) is 0 Å². The monoisotopic (exact) mass is 1910 g/mol. The number of thiophene rings is 3. The molecule has 0 aliphatic heterocycles. The van der Waals surface area contributed by atoms with Gasteiger partial charge in [0.1, 0.15) is 0 Å². The molecule has 3 aliphatic rings. The number of fused-ring (bicyclic) bond motifs is 31. The van der Waals surface area contributed by atoms with E-state index >= 15 is 0 Å². The molecule has 0 saturated carbocycles. The molecule has 146 heavy (non-hydrogen) atoms. The lowest BCUT2D eigenvalue weighted by molar-refractivity contribution is 0.768. The first-order valence-electron chi connectivity index (χ1n) is 49.9. The molecule has 9 aromatic heterocycles. The van der Waals surface area contributed by atoms with Gasteiger partial charge in [-0.3, -0.25) is 9.97 Å². The van der Waals surface area contributed by atoms with E-state index in [9.17, 15) is 0 Å². The zero-order chi connectivity index (χ0) is 95.8. The van der Waals surface area contributed by atoms with Crippen molar-refractivity contribution in [2.45, 2.75) is 10.8 Å². The SMILES string of the molecule is c1ccc(-c2cc(-c3ccccc3)c3sc4ccc(-c5cccc(-n6c7ccccc7c7ccccc76)c5)cc4c3n2)cc1.c1ccc(C2(c3ccccc3)c3cc(-c4ccc5sc6cccnc6c5c4)ccc3-c3ccc(-n4c5ccccc5c5ccccc54)cc32)cc1.c1ccc2c(c1)-c1ccccc1C21c2cc(-c3ccc4sc5cccnc5c4c3)ccc2-c2ccc(-n3c4ccccc4c4ccccc43)cc21. The molecule has 9 heterocycles. The van der Waals surface area contributed by atoms with Crippen LogP contribution in [-0.2, 0) is 10.8 Å². The van der Waals surface area contributed by atoms with Gasteiger partial charge in [-0.15, -0.1) is 34.0 Å². The Bertz CT molecular complexity index is 9870. The highest BCUT2D eigenvalue weighted by Gasteiger charge is 2.53. The number of aromatic nitrogens is 6. The molecule has 6 nitrogen and oxygen atoms in total. The van der Waals surface area contributed by atoms with Crippen molar-refractivity contribution in [2.75, 3.05) is 0 Å². The first-order valence-corrected chi connectivity index (χ1v) is 52.3. The number of nitrogens with zero attached hydrogens (tertiary/aromatic N) is 6. The van der Waals surface area contributed by atoms with E-state index in [2.05, 4.69) is 499 Å². The van der Waals surface area contributed by atoms with E-state index in [0.29, 0.717) is 0 Å². The normalized spacial score (nSPS) is 12.9. The highest BCUT2D eigenvalue weighted by molar-refractivity contribution is 7.26. The summed E-state index contributed by atoms with van der Waals surface area (Å²) in [6, 6.07) is 183. The molecule has 20 aromatic carbocycles. The third-order valence-corrected chi connectivity index (χ3v) is 34.4. The standard InChI is InChI=1S/C48H28N2S.C48H30N2S.C41H26N2S/c1-5-14-39-32(10-1)33-11-2-6-15-40(33)48(39)41-27-30(29-20-24-45-38(26-29)47-46(51-45)18-9-25-49-47)19-22-34(41)35-23-21-31(28-42(35)48)50-43-16-7-3-12-36(43)37-13-4-8-17-44(37)50;1-3-12-33(13-4-1)48(34-14-5-2-6-15-34)41-29-32(31-22-26-45-40(28-31)47-46(51-45)20-11-27-49-47)21-24-36(41)37-25-23-35(30-42(37)48)50-43-18-9-7-16-38(43)39-17-8-10-19-44(39)50;1-3-12-27(13-4-1)34-26-36(28-14-5-2-6-15-28)42-40-35-25-30(22-23-39(35)44-41(34)40)29-16-11-17-31(24-29)43-37-20-9-7-18-32(37)33-19-8-10-21-38(33)43/h1-28H;1-30H;1-26H. The molecular weight excluding hydrogens is 1830 g/mol. The molecule has 0 fully saturated rings. The Morgan fingerprint density at radius 1 is 0.178 bits per heavy atom. The number of pyridine rings is 3. The zero-order valence-electron chi connectivity index (χ0n) is 78.9. The minimum absolute atomic E-state index is 0.455.